The number of hydrogen-bond donors (Lipinski definition) is 1. The molecule has 0 saturated heterocycles. The van der Waals surface area contributed by atoms with Crippen LogP contribution in [0.25, 0.3) is 0 Å². The van der Waals surface area contributed by atoms with Gasteiger partial charge in [-0.25, -0.2) is 9.36 Å². The molecule has 8 nitrogen and oxygen atoms in total. The van der Waals surface area contributed by atoms with E-state index in [2.05, 4.69) is 5.32 Å². The third kappa shape index (κ3) is 3.52. The Hall–Kier alpha value is -3.34. The largest absolute Gasteiger partial charge is 0.497 e. The molecular weight excluding hydrogens is 312 g/mol. The van der Waals surface area contributed by atoms with Gasteiger partial charge in [-0.2, -0.15) is 5.26 Å². The van der Waals surface area contributed by atoms with Gasteiger partial charge in [0.1, 0.15) is 23.9 Å². The molecule has 2 rings (SSSR count). The first-order chi connectivity index (χ1) is 11.5. The molecule has 1 N–H and O–H groups in total. The summed E-state index contributed by atoms with van der Waals surface area (Å²) in [6, 6.07) is 8.34. The molecule has 0 bridgehead atoms. The molecule has 0 aliphatic carbocycles. The minimum Gasteiger partial charge on any atom is -0.497 e. The number of carbonyl (C=O) groups is 1. The Labute approximate surface area is 137 Å². The lowest BCUT2D eigenvalue weighted by molar-refractivity contribution is -0.116. The fourth-order valence-corrected chi connectivity index (χ4v) is 2.11. The first-order valence-corrected chi connectivity index (χ1v) is 7.18. The molecule has 8 heteroatoms. The zero-order chi connectivity index (χ0) is 17.7. The first-order valence-electron chi connectivity index (χ1n) is 7.18. The molecule has 0 saturated carbocycles. The van der Waals surface area contributed by atoms with Crippen LogP contribution in [0.15, 0.2) is 40.1 Å². The Bertz CT molecular complexity index is 904. The molecular formula is C16H16N4O4. The SMILES string of the molecule is CCn1cc(C#N)c(=O)n(CC(=O)Nc2ccc(OC)cc2)c1=O. The highest BCUT2D eigenvalue weighted by atomic mass is 16.5. The third-order valence-corrected chi connectivity index (χ3v) is 3.37. The summed E-state index contributed by atoms with van der Waals surface area (Å²) in [4.78, 5) is 36.4. The second kappa shape index (κ2) is 7.28. The van der Waals surface area contributed by atoms with Gasteiger partial charge in [0.15, 0.2) is 0 Å². The number of aromatic nitrogens is 2. The summed E-state index contributed by atoms with van der Waals surface area (Å²) in [5.74, 6) is 0.0916. The predicted molar refractivity (Wildman–Crippen MR) is 87.0 cm³/mol. The number of aryl methyl sites for hydroxylation is 1. The summed E-state index contributed by atoms with van der Waals surface area (Å²) in [7, 11) is 1.53. The van der Waals surface area contributed by atoms with E-state index >= 15 is 0 Å². The van der Waals surface area contributed by atoms with Crippen LogP contribution >= 0.6 is 0 Å². The number of methoxy groups -OCH3 is 1. The van der Waals surface area contributed by atoms with Gasteiger partial charge in [-0.1, -0.05) is 0 Å². The lowest BCUT2D eigenvalue weighted by Crippen LogP contribution is -2.43. The Kier molecular flexibility index (Phi) is 5.16. The summed E-state index contributed by atoms with van der Waals surface area (Å²) >= 11 is 0. The normalized spacial score (nSPS) is 10.0. The van der Waals surface area contributed by atoms with Crippen LogP contribution in [-0.2, 0) is 17.9 Å². The third-order valence-electron chi connectivity index (χ3n) is 3.37. The number of ether oxygens (including phenoxy) is 1. The van der Waals surface area contributed by atoms with Crippen molar-refractivity contribution in [2.75, 3.05) is 12.4 Å². The van der Waals surface area contributed by atoms with Gasteiger partial charge in [0, 0.05) is 18.4 Å². The summed E-state index contributed by atoms with van der Waals surface area (Å²) in [5.41, 5.74) is -1.10. The monoisotopic (exact) mass is 328 g/mol. The van der Waals surface area contributed by atoms with Gasteiger partial charge in [-0.05, 0) is 31.2 Å². The molecule has 0 unspecified atom stereocenters. The number of carbonyl (C=O) groups excluding carboxylic acids is 1. The molecule has 0 aliphatic heterocycles. The standard InChI is InChI=1S/C16H16N4O4/c1-3-19-9-11(8-17)15(22)20(16(19)23)10-14(21)18-12-4-6-13(24-2)7-5-12/h4-7,9H,3,10H2,1-2H3,(H,18,21). The fraction of sp³-hybridized carbons (Fsp3) is 0.250. The van der Waals surface area contributed by atoms with Gasteiger partial charge in [0.05, 0.1) is 7.11 Å². The number of hydrogen-bond acceptors (Lipinski definition) is 5. The molecule has 0 spiro atoms. The van der Waals surface area contributed by atoms with E-state index in [0.717, 1.165) is 4.57 Å². The van der Waals surface area contributed by atoms with Crippen LogP contribution in [0.2, 0.25) is 0 Å². The van der Waals surface area contributed by atoms with E-state index in [1.165, 1.54) is 17.9 Å². The quantitative estimate of drug-likeness (QED) is 0.862. The average Bonchev–Trinajstić information content (AvgIpc) is 2.59. The van der Waals surface area contributed by atoms with Crippen molar-refractivity contribution < 1.29 is 9.53 Å². The smallest absolute Gasteiger partial charge is 0.331 e. The molecule has 1 aromatic carbocycles. The molecule has 0 fully saturated rings. The molecule has 0 aliphatic rings. The van der Waals surface area contributed by atoms with Crippen molar-refractivity contribution in [3.63, 3.8) is 0 Å². The summed E-state index contributed by atoms with van der Waals surface area (Å²) in [6.07, 6.45) is 1.20. The lowest BCUT2D eigenvalue weighted by atomic mass is 10.3. The van der Waals surface area contributed by atoms with Crippen molar-refractivity contribution in [2.45, 2.75) is 20.0 Å². The Balaban J connectivity index is 2.27. The van der Waals surface area contributed by atoms with Crippen LogP contribution in [0, 0.1) is 11.3 Å². The number of nitrogens with zero attached hydrogens (tertiary/aromatic N) is 3. The van der Waals surface area contributed by atoms with Gasteiger partial charge in [-0.3, -0.25) is 14.2 Å². The van der Waals surface area contributed by atoms with Crippen molar-refractivity contribution >= 4 is 11.6 Å². The number of amides is 1. The summed E-state index contributed by atoms with van der Waals surface area (Å²) < 4.78 is 6.98. The lowest BCUT2D eigenvalue weighted by Gasteiger charge is -2.10. The van der Waals surface area contributed by atoms with Crippen LogP contribution in [0.4, 0.5) is 5.69 Å². The number of rotatable bonds is 5. The highest BCUT2D eigenvalue weighted by molar-refractivity contribution is 5.90. The maximum absolute atomic E-state index is 12.2. The second-order valence-corrected chi connectivity index (χ2v) is 4.89. The topological polar surface area (TPSA) is 106 Å². The van der Waals surface area contributed by atoms with Crippen molar-refractivity contribution in [3.05, 3.63) is 56.9 Å². The molecule has 1 heterocycles. The maximum Gasteiger partial charge on any atom is 0.331 e. The number of nitriles is 1. The van der Waals surface area contributed by atoms with E-state index in [4.69, 9.17) is 10.00 Å². The molecule has 1 aromatic heterocycles. The Morgan fingerprint density at radius 2 is 1.96 bits per heavy atom. The van der Waals surface area contributed by atoms with Crippen molar-refractivity contribution in [3.8, 4) is 11.8 Å². The van der Waals surface area contributed by atoms with E-state index < -0.39 is 23.7 Å². The number of anilines is 1. The highest BCUT2D eigenvalue weighted by Crippen LogP contribution is 2.14. The number of benzene rings is 1. The average molecular weight is 328 g/mol. The van der Waals surface area contributed by atoms with E-state index in [1.54, 1.807) is 37.3 Å². The van der Waals surface area contributed by atoms with Crippen LogP contribution in [0.3, 0.4) is 0 Å². The molecule has 0 radical (unpaired) electrons. The van der Waals surface area contributed by atoms with Crippen molar-refractivity contribution in [2.24, 2.45) is 0 Å². The van der Waals surface area contributed by atoms with Gasteiger partial charge < -0.3 is 10.1 Å². The van der Waals surface area contributed by atoms with E-state index in [0.29, 0.717) is 11.4 Å². The zero-order valence-electron chi connectivity index (χ0n) is 13.3. The molecule has 2 aromatic rings. The molecule has 124 valence electrons. The van der Waals surface area contributed by atoms with Crippen LogP contribution in [-0.4, -0.2) is 22.2 Å². The fourth-order valence-electron chi connectivity index (χ4n) is 2.11. The molecule has 0 atom stereocenters. The molecule has 1 amide bonds. The Morgan fingerprint density at radius 3 is 2.50 bits per heavy atom. The number of nitrogens with one attached hydrogen (secondary N) is 1. The first kappa shape index (κ1) is 17.0. The van der Waals surface area contributed by atoms with E-state index in [9.17, 15) is 14.4 Å². The van der Waals surface area contributed by atoms with Gasteiger partial charge in [0.2, 0.25) is 5.91 Å². The Morgan fingerprint density at radius 1 is 1.29 bits per heavy atom. The zero-order valence-corrected chi connectivity index (χ0v) is 13.3. The summed E-state index contributed by atoms with van der Waals surface area (Å²) in [5, 5.41) is 11.6. The van der Waals surface area contributed by atoms with Crippen LogP contribution < -0.4 is 21.3 Å². The van der Waals surface area contributed by atoms with Gasteiger partial charge >= 0.3 is 5.69 Å². The summed E-state index contributed by atoms with van der Waals surface area (Å²) in [6.45, 7) is 1.52. The molecule has 24 heavy (non-hydrogen) atoms. The van der Waals surface area contributed by atoms with E-state index in [1.807, 2.05) is 0 Å². The van der Waals surface area contributed by atoms with Crippen molar-refractivity contribution in [1.82, 2.24) is 9.13 Å². The van der Waals surface area contributed by atoms with E-state index in [-0.39, 0.29) is 12.1 Å². The van der Waals surface area contributed by atoms with Crippen LogP contribution in [0.5, 0.6) is 5.75 Å². The minimum atomic E-state index is -0.780. The van der Waals surface area contributed by atoms with Crippen molar-refractivity contribution in [1.29, 1.82) is 5.26 Å². The van der Waals surface area contributed by atoms with Crippen LogP contribution in [0.1, 0.15) is 12.5 Å². The highest BCUT2D eigenvalue weighted by Gasteiger charge is 2.14. The minimum absolute atomic E-state index is 0.186. The predicted octanol–water partition coefficient (Wildman–Crippen LogP) is 0.549. The second-order valence-electron chi connectivity index (χ2n) is 4.89. The van der Waals surface area contributed by atoms with Gasteiger partial charge in [0.25, 0.3) is 5.56 Å². The van der Waals surface area contributed by atoms with Gasteiger partial charge in [-0.15, -0.1) is 0 Å². The maximum atomic E-state index is 12.2.